The number of carbonyl (C=O) groups excluding carboxylic acids is 1. The molecule has 32 heavy (non-hydrogen) atoms. The van der Waals surface area contributed by atoms with Gasteiger partial charge in [0.15, 0.2) is 0 Å². The van der Waals surface area contributed by atoms with Crippen LogP contribution in [-0.4, -0.2) is 56.9 Å². The van der Waals surface area contributed by atoms with Gasteiger partial charge in [0.1, 0.15) is 6.67 Å². The van der Waals surface area contributed by atoms with E-state index in [1.165, 1.54) is 20.3 Å². The molecule has 2 aromatic carbocycles. The smallest absolute Gasteiger partial charge is 0.335 e. The van der Waals surface area contributed by atoms with Gasteiger partial charge in [-0.1, -0.05) is 30.3 Å². The Bertz CT molecular complexity index is 1200. The van der Waals surface area contributed by atoms with Gasteiger partial charge >= 0.3 is 18.1 Å². The number of amides is 2. The van der Waals surface area contributed by atoms with E-state index in [-0.39, 0.29) is 36.1 Å². The first-order valence-electron chi connectivity index (χ1n) is 9.20. The van der Waals surface area contributed by atoms with Crippen molar-refractivity contribution in [2.45, 2.75) is 11.5 Å². The van der Waals surface area contributed by atoms with E-state index >= 15 is 0 Å². The molecule has 0 radical (unpaired) electrons. The fourth-order valence-electron chi connectivity index (χ4n) is 2.83. The molecule has 3 aromatic rings. The number of anilines is 1. The lowest BCUT2D eigenvalue weighted by Gasteiger charge is -2.14. The van der Waals surface area contributed by atoms with Crippen molar-refractivity contribution in [1.82, 2.24) is 19.7 Å². The summed E-state index contributed by atoms with van der Waals surface area (Å²) in [5, 5.41) is 3.56. The number of fused-ring (bicyclic) bond motifs is 1. The Hall–Kier alpha value is -3.58. The molecule has 170 valence electrons. The van der Waals surface area contributed by atoms with Gasteiger partial charge in [-0.15, -0.1) is 4.98 Å². The van der Waals surface area contributed by atoms with Gasteiger partial charge in [0.2, 0.25) is 5.95 Å². The second-order valence-corrected chi connectivity index (χ2v) is 7.85. The quantitative estimate of drug-likeness (QED) is 0.454. The molecule has 0 aliphatic rings. The summed E-state index contributed by atoms with van der Waals surface area (Å²) in [5.74, 6) is -0.286. The molecule has 2 amide bonds. The lowest BCUT2D eigenvalue weighted by molar-refractivity contribution is 0.106. The summed E-state index contributed by atoms with van der Waals surface area (Å²) in [5.41, 5.74) is 0.292. The zero-order valence-corrected chi connectivity index (χ0v) is 18.0. The highest BCUT2D eigenvalue weighted by Crippen LogP contribution is 2.27. The van der Waals surface area contributed by atoms with Crippen LogP contribution in [0.3, 0.4) is 0 Å². The number of carbonyl (C=O) groups is 1. The second kappa shape index (κ2) is 10.2. The number of nitrogens with zero attached hydrogens (tertiary/aromatic N) is 3. The Labute approximate surface area is 183 Å². The standard InChI is InChI=1S/C19H20FN5O6S/c1-29-18-22-16(23-19(24-18)30-2)21-17(26)25-32(27,28)15-8-7-12-5-3-4-6-13(12)14(15)11-31-10-9-20/h3-8H,9-11H2,1-2H3,(H2,21,22,23,24,25,26). The van der Waals surface area contributed by atoms with Crippen LogP contribution >= 0.6 is 0 Å². The van der Waals surface area contributed by atoms with Gasteiger partial charge < -0.3 is 14.2 Å². The molecular formula is C19H20FN5O6S. The Morgan fingerprint density at radius 1 is 1.03 bits per heavy atom. The Balaban J connectivity index is 1.89. The lowest BCUT2D eigenvalue weighted by atomic mass is 10.1. The van der Waals surface area contributed by atoms with Gasteiger partial charge in [-0.25, -0.2) is 22.3 Å². The molecule has 3 rings (SSSR count). The number of sulfonamides is 1. The number of halogens is 1. The number of aromatic nitrogens is 3. The number of rotatable bonds is 9. The van der Waals surface area contributed by atoms with Crippen LogP contribution in [0.1, 0.15) is 5.56 Å². The minimum absolute atomic E-state index is 0.142. The van der Waals surface area contributed by atoms with Crippen molar-refractivity contribution in [2.75, 3.05) is 32.8 Å². The molecule has 1 aromatic heterocycles. The maximum absolute atomic E-state index is 13.0. The third-order valence-corrected chi connectivity index (χ3v) is 5.58. The number of nitrogens with one attached hydrogen (secondary N) is 2. The second-order valence-electron chi connectivity index (χ2n) is 6.20. The predicted octanol–water partition coefficient (Wildman–Crippen LogP) is 2.04. The number of ether oxygens (including phenoxy) is 3. The fraction of sp³-hybridized carbons (Fsp3) is 0.263. The topological polar surface area (TPSA) is 142 Å². The van der Waals surface area contributed by atoms with E-state index in [1.807, 2.05) is 4.72 Å². The third kappa shape index (κ3) is 5.36. The Kier molecular flexibility index (Phi) is 7.33. The Morgan fingerprint density at radius 2 is 1.72 bits per heavy atom. The highest BCUT2D eigenvalue weighted by Gasteiger charge is 2.24. The van der Waals surface area contributed by atoms with Gasteiger partial charge in [0.25, 0.3) is 10.0 Å². The molecule has 0 unspecified atom stereocenters. The van der Waals surface area contributed by atoms with Crippen molar-refractivity contribution in [2.24, 2.45) is 0 Å². The average molecular weight is 465 g/mol. The molecule has 0 atom stereocenters. The SMILES string of the molecule is COc1nc(NC(=O)NS(=O)(=O)c2ccc3ccccc3c2COCCF)nc(OC)n1. The van der Waals surface area contributed by atoms with Crippen LogP contribution in [0.4, 0.5) is 15.1 Å². The number of benzene rings is 2. The highest BCUT2D eigenvalue weighted by atomic mass is 32.2. The van der Waals surface area contributed by atoms with E-state index in [0.29, 0.717) is 10.9 Å². The summed E-state index contributed by atoms with van der Waals surface area (Å²) in [6, 6.07) is 8.59. The molecule has 2 N–H and O–H groups in total. The number of alkyl halides is 1. The Morgan fingerprint density at radius 3 is 2.38 bits per heavy atom. The first-order valence-corrected chi connectivity index (χ1v) is 10.7. The van der Waals surface area contributed by atoms with Crippen LogP contribution in [0.15, 0.2) is 41.3 Å². The van der Waals surface area contributed by atoms with Crippen LogP contribution < -0.4 is 19.5 Å². The van der Waals surface area contributed by atoms with Crippen LogP contribution in [0, 0.1) is 0 Å². The zero-order chi connectivity index (χ0) is 23.1. The fourth-order valence-corrected chi connectivity index (χ4v) is 3.97. The van der Waals surface area contributed by atoms with Crippen LogP contribution in [0.5, 0.6) is 12.0 Å². The van der Waals surface area contributed by atoms with Crippen molar-refractivity contribution < 1.29 is 31.8 Å². The summed E-state index contributed by atoms with van der Waals surface area (Å²) >= 11 is 0. The number of hydrogen-bond donors (Lipinski definition) is 2. The van der Waals surface area contributed by atoms with E-state index < -0.39 is 22.7 Å². The molecule has 0 aliphatic carbocycles. The minimum Gasteiger partial charge on any atom is -0.467 e. The maximum atomic E-state index is 13.0. The van der Waals surface area contributed by atoms with Crippen molar-refractivity contribution in [1.29, 1.82) is 0 Å². The highest BCUT2D eigenvalue weighted by molar-refractivity contribution is 7.90. The zero-order valence-electron chi connectivity index (χ0n) is 17.2. The third-order valence-electron chi connectivity index (χ3n) is 4.17. The predicted molar refractivity (Wildman–Crippen MR) is 112 cm³/mol. The molecule has 13 heteroatoms. The van der Waals surface area contributed by atoms with E-state index in [2.05, 4.69) is 20.3 Å². The number of urea groups is 1. The first-order chi connectivity index (χ1) is 15.4. The van der Waals surface area contributed by atoms with Gasteiger partial charge in [-0.05, 0) is 16.8 Å². The van der Waals surface area contributed by atoms with E-state index in [0.717, 1.165) is 5.39 Å². The van der Waals surface area contributed by atoms with Gasteiger partial charge in [0, 0.05) is 5.56 Å². The number of methoxy groups -OCH3 is 2. The monoisotopic (exact) mass is 465 g/mol. The summed E-state index contributed by atoms with van der Waals surface area (Å²) in [6.45, 7) is -1.07. The van der Waals surface area contributed by atoms with E-state index in [4.69, 9.17) is 14.2 Å². The van der Waals surface area contributed by atoms with Crippen LogP contribution in [-0.2, 0) is 21.4 Å². The van der Waals surface area contributed by atoms with Crippen molar-refractivity contribution in [3.8, 4) is 12.0 Å². The number of hydrogen-bond acceptors (Lipinski definition) is 9. The molecular weight excluding hydrogens is 445 g/mol. The molecule has 0 spiro atoms. The van der Waals surface area contributed by atoms with E-state index in [1.54, 1.807) is 30.3 Å². The van der Waals surface area contributed by atoms with Gasteiger partial charge in [0.05, 0.1) is 32.3 Å². The van der Waals surface area contributed by atoms with Gasteiger partial charge in [-0.3, -0.25) is 5.32 Å². The maximum Gasteiger partial charge on any atom is 0.335 e. The molecule has 11 nitrogen and oxygen atoms in total. The molecule has 1 heterocycles. The normalized spacial score (nSPS) is 11.2. The minimum atomic E-state index is -4.34. The molecule has 0 bridgehead atoms. The largest absolute Gasteiger partial charge is 0.467 e. The summed E-state index contributed by atoms with van der Waals surface area (Å²) < 4.78 is 55.3. The van der Waals surface area contributed by atoms with Crippen LogP contribution in [0.2, 0.25) is 0 Å². The van der Waals surface area contributed by atoms with Crippen molar-refractivity contribution >= 4 is 32.8 Å². The lowest BCUT2D eigenvalue weighted by Crippen LogP contribution is -2.35. The van der Waals surface area contributed by atoms with Gasteiger partial charge in [-0.2, -0.15) is 9.97 Å². The first kappa shape index (κ1) is 23.1. The van der Waals surface area contributed by atoms with Crippen LogP contribution in [0.25, 0.3) is 10.8 Å². The van der Waals surface area contributed by atoms with Crippen molar-refractivity contribution in [3.63, 3.8) is 0 Å². The van der Waals surface area contributed by atoms with E-state index in [9.17, 15) is 17.6 Å². The summed E-state index contributed by atoms with van der Waals surface area (Å²) in [7, 11) is -1.74. The van der Waals surface area contributed by atoms with Crippen molar-refractivity contribution in [3.05, 3.63) is 42.0 Å². The molecule has 0 saturated heterocycles. The molecule has 0 aliphatic heterocycles. The summed E-state index contributed by atoms with van der Waals surface area (Å²) in [4.78, 5) is 23.6. The average Bonchev–Trinajstić information content (AvgIpc) is 2.78. The summed E-state index contributed by atoms with van der Waals surface area (Å²) in [6.07, 6.45) is 0. The molecule has 0 saturated carbocycles. The molecule has 0 fully saturated rings.